The van der Waals surface area contributed by atoms with Crippen LogP contribution in [0.15, 0.2) is 34.2 Å². The Morgan fingerprint density at radius 1 is 1.26 bits per heavy atom. The van der Waals surface area contributed by atoms with Gasteiger partial charge in [-0.25, -0.2) is 4.98 Å². The van der Waals surface area contributed by atoms with Crippen LogP contribution >= 0.6 is 11.8 Å². The van der Waals surface area contributed by atoms with Crippen LogP contribution in [0.3, 0.4) is 0 Å². The number of aliphatic hydroxyl groups is 1. The number of anilines is 1. The van der Waals surface area contributed by atoms with Gasteiger partial charge in [0.15, 0.2) is 11.8 Å². The largest absolute Gasteiger partial charge is 0.484 e. The molecule has 1 aromatic heterocycles. The van der Waals surface area contributed by atoms with Crippen LogP contribution in [0.2, 0.25) is 0 Å². The first-order valence-corrected chi connectivity index (χ1v) is 8.76. The van der Waals surface area contributed by atoms with Crippen molar-refractivity contribution in [1.82, 2.24) is 9.55 Å². The first-order chi connectivity index (χ1) is 12.8. The molecule has 0 fully saturated rings. The Morgan fingerprint density at radius 3 is 2.59 bits per heavy atom. The van der Waals surface area contributed by atoms with E-state index < -0.39 is 18.3 Å². The number of aliphatic hydroxyl groups excluding tert-OH is 1. The van der Waals surface area contributed by atoms with E-state index in [4.69, 9.17) is 5.11 Å². The molecule has 0 radical (unpaired) electrons. The Hall–Kier alpha value is -2.53. The molecule has 0 unspecified atom stereocenters. The first-order valence-electron chi connectivity index (χ1n) is 7.78. The van der Waals surface area contributed by atoms with E-state index in [1.807, 2.05) is 0 Å². The lowest BCUT2D eigenvalue weighted by Crippen LogP contribution is -2.24. The third kappa shape index (κ3) is 4.42. The maximum absolute atomic E-state index is 12.8. The number of amides is 1. The van der Waals surface area contributed by atoms with E-state index in [1.54, 1.807) is 0 Å². The fourth-order valence-electron chi connectivity index (χ4n) is 2.45. The molecule has 1 aromatic carbocycles. The molecule has 2 aromatic rings. The highest BCUT2D eigenvalue weighted by atomic mass is 32.2. The van der Waals surface area contributed by atoms with Crippen LogP contribution in [-0.2, 0) is 11.2 Å². The van der Waals surface area contributed by atoms with Crippen molar-refractivity contribution in [2.45, 2.75) is 17.8 Å². The van der Waals surface area contributed by atoms with E-state index in [2.05, 4.69) is 15.0 Å². The van der Waals surface area contributed by atoms with E-state index in [0.717, 1.165) is 11.8 Å². The molecule has 144 valence electrons. The van der Waals surface area contributed by atoms with Crippen molar-refractivity contribution in [3.05, 3.63) is 40.2 Å². The number of hydrogen-bond acceptors (Lipinski definition) is 6. The molecule has 1 amide bonds. The number of aromatic nitrogens is 2. The van der Waals surface area contributed by atoms with Crippen LogP contribution in [0.5, 0.6) is 5.75 Å². The first kappa shape index (κ1) is 19.2. The lowest BCUT2D eigenvalue weighted by Gasteiger charge is -2.14. The number of halogens is 3. The molecule has 2 N–H and O–H groups in total. The summed E-state index contributed by atoms with van der Waals surface area (Å²) in [6.07, 6.45) is -4.55. The van der Waals surface area contributed by atoms with Gasteiger partial charge < -0.3 is 15.2 Å². The minimum atomic E-state index is -4.45. The summed E-state index contributed by atoms with van der Waals surface area (Å²) in [5.74, 6) is 0.110. The standard InChI is InChI=1S/C16H14F3N3O4S/c17-16(18,19)8-26-10-3-1-9(2-4-10)22-14(25)11-7-12(24)20-13(11)21-15(22)27-6-5-23/h1-4,23H,5-8H2,(H,20,24). The third-order valence-corrected chi connectivity index (χ3v) is 4.48. The number of nitrogens with one attached hydrogen (secondary N) is 1. The van der Waals surface area contributed by atoms with Crippen molar-refractivity contribution < 1.29 is 27.8 Å². The molecule has 1 aliphatic rings. The Morgan fingerprint density at radius 2 is 1.96 bits per heavy atom. The van der Waals surface area contributed by atoms with Crippen LogP contribution in [0.1, 0.15) is 5.56 Å². The van der Waals surface area contributed by atoms with Gasteiger partial charge in [0.05, 0.1) is 24.3 Å². The lowest BCUT2D eigenvalue weighted by atomic mass is 10.2. The van der Waals surface area contributed by atoms with Gasteiger partial charge in [0.25, 0.3) is 5.56 Å². The molecule has 0 bridgehead atoms. The quantitative estimate of drug-likeness (QED) is 0.566. The molecule has 1 aliphatic heterocycles. The third-order valence-electron chi connectivity index (χ3n) is 3.56. The number of nitrogens with zero attached hydrogens (tertiary/aromatic N) is 2. The zero-order chi connectivity index (χ0) is 19.6. The van der Waals surface area contributed by atoms with Gasteiger partial charge in [-0.15, -0.1) is 0 Å². The second kappa shape index (κ2) is 7.61. The van der Waals surface area contributed by atoms with Crippen LogP contribution < -0.4 is 15.6 Å². The minimum absolute atomic E-state index is 0.000325. The summed E-state index contributed by atoms with van der Waals surface area (Å²) in [4.78, 5) is 28.6. The topological polar surface area (TPSA) is 93.4 Å². The van der Waals surface area contributed by atoms with E-state index >= 15 is 0 Å². The summed E-state index contributed by atoms with van der Waals surface area (Å²) >= 11 is 1.11. The Balaban J connectivity index is 1.96. The fourth-order valence-corrected chi connectivity index (χ4v) is 3.20. The number of benzene rings is 1. The SMILES string of the molecule is O=C1Cc2c(nc(SCCO)n(-c3ccc(OCC(F)(F)F)cc3)c2=O)N1. The molecule has 3 rings (SSSR count). The van der Waals surface area contributed by atoms with Crippen molar-refractivity contribution >= 4 is 23.5 Å². The second-order valence-electron chi connectivity index (χ2n) is 5.56. The highest BCUT2D eigenvalue weighted by molar-refractivity contribution is 7.99. The summed E-state index contributed by atoms with van der Waals surface area (Å²) in [7, 11) is 0. The van der Waals surface area contributed by atoms with Crippen LogP contribution in [0, 0.1) is 0 Å². The normalized spacial score (nSPS) is 13.4. The highest BCUT2D eigenvalue weighted by Gasteiger charge is 2.29. The van der Waals surface area contributed by atoms with Gasteiger partial charge >= 0.3 is 6.18 Å². The lowest BCUT2D eigenvalue weighted by molar-refractivity contribution is -0.153. The molecule has 0 saturated heterocycles. The molecule has 0 aliphatic carbocycles. The van der Waals surface area contributed by atoms with Crippen molar-refractivity contribution in [1.29, 1.82) is 0 Å². The number of rotatable bonds is 6. The molecule has 0 saturated carbocycles. The maximum Gasteiger partial charge on any atom is 0.422 e. The second-order valence-corrected chi connectivity index (χ2v) is 6.62. The number of ether oxygens (including phenoxy) is 1. The van der Waals surface area contributed by atoms with Crippen molar-refractivity contribution in [3.63, 3.8) is 0 Å². The van der Waals surface area contributed by atoms with Crippen molar-refractivity contribution in [2.75, 3.05) is 24.3 Å². The average Bonchev–Trinajstić information content (AvgIpc) is 2.99. The van der Waals surface area contributed by atoms with E-state index in [-0.39, 0.29) is 47.0 Å². The van der Waals surface area contributed by atoms with Crippen molar-refractivity contribution in [3.8, 4) is 11.4 Å². The molecule has 2 heterocycles. The Labute approximate surface area is 155 Å². The summed E-state index contributed by atoms with van der Waals surface area (Å²) in [5.41, 5.74) is 0.114. The highest BCUT2D eigenvalue weighted by Crippen LogP contribution is 2.26. The van der Waals surface area contributed by atoms with Gasteiger partial charge in [-0.05, 0) is 24.3 Å². The number of carbonyl (C=O) groups is 1. The van der Waals surface area contributed by atoms with E-state index in [0.29, 0.717) is 5.69 Å². The number of hydrogen-bond donors (Lipinski definition) is 2. The molecule has 7 nitrogen and oxygen atoms in total. The molecule has 0 spiro atoms. The van der Waals surface area contributed by atoms with Gasteiger partial charge in [-0.2, -0.15) is 13.2 Å². The minimum Gasteiger partial charge on any atom is -0.484 e. The fraction of sp³-hybridized carbons (Fsp3) is 0.312. The summed E-state index contributed by atoms with van der Waals surface area (Å²) in [6, 6.07) is 5.47. The van der Waals surface area contributed by atoms with Gasteiger partial charge in [0.2, 0.25) is 5.91 Å². The summed E-state index contributed by atoms with van der Waals surface area (Å²) in [5, 5.41) is 11.8. The predicted molar refractivity (Wildman–Crippen MR) is 91.5 cm³/mol. The van der Waals surface area contributed by atoms with Crippen LogP contribution in [0.4, 0.5) is 19.0 Å². The molecular formula is C16H14F3N3O4S. The number of carbonyl (C=O) groups excluding carboxylic acids is 1. The van der Waals surface area contributed by atoms with E-state index in [1.165, 1.54) is 28.8 Å². The Bertz CT molecular complexity index is 913. The van der Waals surface area contributed by atoms with Gasteiger partial charge in [0, 0.05) is 5.75 Å². The molecular weight excluding hydrogens is 387 g/mol. The maximum atomic E-state index is 12.8. The number of alkyl halides is 3. The number of fused-ring (bicyclic) bond motifs is 1. The number of thioether (sulfide) groups is 1. The molecule has 11 heteroatoms. The van der Waals surface area contributed by atoms with Crippen LogP contribution in [0.25, 0.3) is 5.69 Å². The molecule has 0 atom stereocenters. The summed E-state index contributed by atoms with van der Waals surface area (Å²) < 4.78 is 42.6. The van der Waals surface area contributed by atoms with Crippen LogP contribution in [-0.4, -0.2) is 45.7 Å². The molecule has 27 heavy (non-hydrogen) atoms. The van der Waals surface area contributed by atoms with Gasteiger partial charge in [-0.3, -0.25) is 14.2 Å². The monoisotopic (exact) mass is 401 g/mol. The van der Waals surface area contributed by atoms with Gasteiger partial charge in [-0.1, -0.05) is 11.8 Å². The summed E-state index contributed by atoms with van der Waals surface area (Å²) in [6.45, 7) is -1.56. The van der Waals surface area contributed by atoms with E-state index in [9.17, 15) is 22.8 Å². The Kier molecular flexibility index (Phi) is 5.42. The zero-order valence-corrected chi connectivity index (χ0v) is 14.6. The van der Waals surface area contributed by atoms with Gasteiger partial charge in [0.1, 0.15) is 11.6 Å². The predicted octanol–water partition coefficient (Wildman–Crippen LogP) is 1.75. The smallest absolute Gasteiger partial charge is 0.422 e. The zero-order valence-electron chi connectivity index (χ0n) is 13.7. The average molecular weight is 401 g/mol. The van der Waals surface area contributed by atoms with Crippen molar-refractivity contribution in [2.24, 2.45) is 0 Å².